The lowest BCUT2D eigenvalue weighted by Gasteiger charge is -2.50. The van der Waals surface area contributed by atoms with E-state index in [2.05, 4.69) is 81.8 Å². The highest BCUT2D eigenvalue weighted by Crippen LogP contribution is 2.59. The quantitative estimate of drug-likeness (QED) is 0.782. The molecular formula is C24H27N3O. The fourth-order valence-electron chi connectivity index (χ4n) is 6.19. The van der Waals surface area contributed by atoms with E-state index in [0.29, 0.717) is 12.0 Å². The molecule has 144 valence electrons. The van der Waals surface area contributed by atoms with Crippen LogP contribution in [0.15, 0.2) is 60.8 Å². The molecule has 2 saturated heterocycles. The second-order valence-corrected chi connectivity index (χ2v) is 8.39. The molecule has 3 aliphatic heterocycles. The van der Waals surface area contributed by atoms with Gasteiger partial charge in [0.1, 0.15) is 5.66 Å². The molecule has 1 aliphatic carbocycles. The first-order chi connectivity index (χ1) is 13.9. The average molecular weight is 374 g/mol. The minimum Gasteiger partial charge on any atom is -0.379 e. The van der Waals surface area contributed by atoms with Crippen LogP contribution >= 0.6 is 0 Å². The summed E-state index contributed by atoms with van der Waals surface area (Å²) in [5.41, 5.74) is 4.19. The molecule has 0 amide bonds. The fraction of sp³-hybridized carbons (Fsp3) is 0.417. The Morgan fingerprint density at radius 2 is 1.71 bits per heavy atom. The summed E-state index contributed by atoms with van der Waals surface area (Å²) in [6.45, 7) is 3.72. The molecule has 1 saturated carbocycles. The number of ether oxygens (including phenoxy) is 1. The van der Waals surface area contributed by atoms with E-state index in [1.165, 1.54) is 36.1 Å². The number of hydrazine groups is 1. The predicted octanol–water partition coefficient (Wildman–Crippen LogP) is 4.28. The lowest BCUT2D eigenvalue weighted by atomic mass is 9.83. The third kappa shape index (κ3) is 2.19. The number of nitrogens with zero attached hydrogens (tertiary/aromatic N) is 3. The number of hydrogen-bond donors (Lipinski definition) is 0. The highest BCUT2D eigenvalue weighted by atomic mass is 16.5. The van der Waals surface area contributed by atoms with Gasteiger partial charge in [0, 0.05) is 25.2 Å². The normalized spacial score (nSPS) is 31.6. The molecule has 4 aliphatic rings. The van der Waals surface area contributed by atoms with Gasteiger partial charge in [-0.1, -0.05) is 42.5 Å². The summed E-state index contributed by atoms with van der Waals surface area (Å²) in [4.78, 5) is 2.73. The van der Waals surface area contributed by atoms with Crippen LogP contribution in [-0.2, 0) is 4.74 Å². The molecule has 3 atom stereocenters. The van der Waals surface area contributed by atoms with Gasteiger partial charge < -0.3 is 4.74 Å². The van der Waals surface area contributed by atoms with Crippen molar-refractivity contribution in [3.8, 4) is 0 Å². The van der Waals surface area contributed by atoms with E-state index in [-0.39, 0.29) is 5.66 Å². The van der Waals surface area contributed by atoms with E-state index in [9.17, 15) is 0 Å². The molecule has 6 rings (SSSR count). The SMILES string of the molecule is C1=CN2[C@H](c3ccccc31)[C@H]1CCC[C@@]1(N1CCOCC1)N2c1ccccc1. The van der Waals surface area contributed by atoms with E-state index in [0.717, 1.165) is 26.3 Å². The number of morpholine rings is 1. The lowest BCUT2D eigenvalue weighted by molar-refractivity contribution is -0.0322. The summed E-state index contributed by atoms with van der Waals surface area (Å²) in [5.74, 6) is 0.594. The number of fused-ring (bicyclic) bond motifs is 5. The minimum atomic E-state index is 0.0393. The van der Waals surface area contributed by atoms with Crippen LogP contribution in [0.4, 0.5) is 5.69 Å². The lowest BCUT2D eigenvalue weighted by Crippen LogP contribution is -2.63. The maximum absolute atomic E-state index is 5.73. The average Bonchev–Trinajstić information content (AvgIpc) is 3.31. The Balaban J connectivity index is 1.55. The molecule has 0 radical (unpaired) electrons. The second-order valence-electron chi connectivity index (χ2n) is 8.39. The number of para-hydroxylation sites is 1. The Hall–Kier alpha value is -2.30. The van der Waals surface area contributed by atoms with Crippen molar-refractivity contribution in [3.63, 3.8) is 0 Å². The zero-order valence-electron chi connectivity index (χ0n) is 16.2. The van der Waals surface area contributed by atoms with Crippen LogP contribution in [0.5, 0.6) is 0 Å². The maximum Gasteiger partial charge on any atom is 0.119 e. The molecule has 2 aromatic carbocycles. The molecule has 2 aromatic rings. The van der Waals surface area contributed by atoms with Gasteiger partial charge >= 0.3 is 0 Å². The Bertz CT molecular complexity index is 892. The van der Waals surface area contributed by atoms with Gasteiger partial charge in [-0.25, -0.2) is 0 Å². The van der Waals surface area contributed by atoms with Gasteiger partial charge in [-0.2, -0.15) is 0 Å². The summed E-state index contributed by atoms with van der Waals surface area (Å²) in [7, 11) is 0. The molecule has 0 spiro atoms. The highest BCUT2D eigenvalue weighted by Gasteiger charge is 2.63. The summed E-state index contributed by atoms with van der Waals surface area (Å²) in [5, 5.41) is 5.17. The van der Waals surface area contributed by atoms with Crippen molar-refractivity contribution in [2.45, 2.75) is 31.0 Å². The van der Waals surface area contributed by atoms with Crippen LogP contribution in [0.25, 0.3) is 6.08 Å². The minimum absolute atomic E-state index is 0.0393. The predicted molar refractivity (Wildman–Crippen MR) is 111 cm³/mol. The van der Waals surface area contributed by atoms with E-state index < -0.39 is 0 Å². The molecule has 0 N–H and O–H groups in total. The standard InChI is InChI=1S/C24H27N3O/c1-2-8-20(9-3-1)27-24(25-15-17-28-18-16-25)13-6-11-22(24)23-21-10-5-4-7-19(21)12-14-26(23)27/h1-5,7-10,12,14,22-23H,6,11,13,15-18H2/t22-,23-,24-/m1/s1. The molecule has 0 unspecified atom stereocenters. The number of hydrogen-bond acceptors (Lipinski definition) is 4. The molecule has 0 aromatic heterocycles. The zero-order valence-corrected chi connectivity index (χ0v) is 16.2. The van der Waals surface area contributed by atoms with Gasteiger partial charge in [-0.05, 0) is 48.6 Å². The Morgan fingerprint density at radius 1 is 0.929 bits per heavy atom. The first-order valence-electron chi connectivity index (χ1n) is 10.6. The van der Waals surface area contributed by atoms with E-state index in [4.69, 9.17) is 4.74 Å². The van der Waals surface area contributed by atoms with Crippen molar-refractivity contribution in [1.82, 2.24) is 9.91 Å². The van der Waals surface area contributed by atoms with Crippen LogP contribution in [0, 0.1) is 5.92 Å². The first-order valence-corrected chi connectivity index (χ1v) is 10.6. The van der Waals surface area contributed by atoms with Crippen molar-refractivity contribution in [2.24, 2.45) is 5.92 Å². The van der Waals surface area contributed by atoms with Gasteiger partial charge in [0.15, 0.2) is 0 Å². The van der Waals surface area contributed by atoms with E-state index in [1.807, 2.05) is 0 Å². The summed E-state index contributed by atoms with van der Waals surface area (Å²) in [6.07, 6.45) is 8.40. The van der Waals surface area contributed by atoms with Crippen LogP contribution in [0.1, 0.15) is 36.4 Å². The summed E-state index contributed by atoms with van der Waals surface area (Å²) < 4.78 is 5.73. The third-order valence-corrected chi connectivity index (χ3v) is 7.20. The molecule has 28 heavy (non-hydrogen) atoms. The highest BCUT2D eigenvalue weighted by molar-refractivity contribution is 5.61. The maximum atomic E-state index is 5.73. The van der Waals surface area contributed by atoms with Crippen LogP contribution in [0.2, 0.25) is 0 Å². The molecule has 3 fully saturated rings. The van der Waals surface area contributed by atoms with Crippen LogP contribution in [-0.4, -0.2) is 41.9 Å². The topological polar surface area (TPSA) is 19.0 Å². The largest absolute Gasteiger partial charge is 0.379 e. The Labute approximate surface area is 167 Å². The first kappa shape index (κ1) is 16.6. The van der Waals surface area contributed by atoms with E-state index >= 15 is 0 Å². The van der Waals surface area contributed by atoms with Gasteiger partial charge in [0.25, 0.3) is 0 Å². The van der Waals surface area contributed by atoms with Gasteiger partial charge in [-0.3, -0.25) is 14.9 Å². The fourth-order valence-corrected chi connectivity index (χ4v) is 6.19. The molecular weight excluding hydrogens is 346 g/mol. The summed E-state index contributed by atoms with van der Waals surface area (Å²) >= 11 is 0. The molecule has 4 nitrogen and oxygen atoms in total. The second kappa shape index (κ2) is 6.36. The smallest absolute Gasteiger partial charge is 0.119 e. The monoisotopic (exact) mass is 373 g/mol. The van der Waals surface area contributed by atoms with Crippen molar-refractivity contribution in [2.75, 3.05) is 31.3 Å². The molecule has 4 heteroatoms. The van der Waals surface area contributed by atoms with Crippen molar-refractivity contribution in [3.05, 3.63) is 71.9 Å². The molecule has 3 heterocycles. The van der Waals surface area contributed by atoms with Crippen LogP contribution in [0.3, 0.4) is 0 Å². The van der Waals surface area contributed by atoms with Gasteiger partial charge in [0.2, 0.25) is 0 Å². The van der Waals surface area contributed by atoms with E-state index in [1.54, 1.807) is 0 Å². The Kier molecular flexibility index (Phi) is 3.78. The number of rotatable bonds is 2. The van der Waals surface area contributed by atoms with Crippen molar-refractivity contribution in [1.29, 1.82) is 0 Å². The third-order valence-electron chi connectivity index (χ3n) is 7.20. The number of anilines is 1. The number of benzene rings is 2. The van der Waals surface area contributed by atoms with Crippen molar-refractivity contribution >= 4 is 11.8 Å². The van der Waals surface area contributed by atoms with Gasteiger partial charge in [-0.15, -0.1) is 0 Å². The van der Waals surface area contributed by atoms with Crippen molar-refractivity contribution < 1.29 is 4.74 Å². The Morgan fingerprint density at radius 3 is 2.57 bits per heavy atom. The van der Waals surface area contributed by atoms with Crippen LogP contribution < -0.4 is 5.01 Å². The zero-order chi connectivity index (χ0) is 18.6. The van der Waals surface area contributed by atoms with Gasteiger partial charge in [0.05, 0.1) is 24.9 Å². The molecule has 0 bridgehead atoms. The summed E-state index contributed by atoms with van der Waals surface area (Å²) in [6, 6.07) is 20.4.